The Kier molecular flexibility index (Phi) is 6.59. The minimum atomic E-state index is 0.847. The third-order valence-corrected chi connectivity index (χ3v) is 4.00. The van der Waals surface area contributed by atoms with Crippen LogP contribution >= 0.6 is 0 Å². The third kappa shape index (κ3) is 4.47. The van der Waals surface area contributed by atoms with Gasteiger partial charge in [-0.05, 0) is 51.3 Å². The van der Waals surface area contributed by atoms with Crippen LogP contribution in [0.15, 0.2) is 30.3 Å². The molecule has 4 heteroatoms. The zero-order valence-electron chi connectivity index (χ0n) is 15.7. The van der Waals surface area contributed by atoms with Gasteiger partial charge in [-0.3, -0.25) is 0 Å². The maximum atomic E-state index is 4.89. The second kappa shape index (κ2) is 8.67. The highest BCUT2D eigenvalue weighted by atomic mass is 15.3. The van der Waals surface area contributed by atoms with Gasteiger partial charge in [0.1, 0.15) is 5.82 Å². The maximum absolute atomic E-state index is 4.89. The van der Waals surface area contributed by atoms with E-state index < -0.39 is 0 Å². The summed E-state index contributed by atoms with van der Waals surface area (Å²) in [4.78, 5) is 14.1. The first-order valence-corrected chi connectivity index (χ1v) is 9.03. The smallest absolute Gasteiger partial charge is 0.227 e. The Labute approximate surface area is 146 Å². The lowest BCUT2D eigenvalue weighted by Gasteiger charge is -2.26. The predicted octanol–water partition coefficient (Wildman–Crippen LogP) is 4.88. The van der Waals surface area contributed by atoms with Crippen molar-refractivity contribution in [2.45, 2.75) is 47.5 Å². The highest BCUT2D eigenvalue weighted by Gasteiger charge is 2.14. The summed E-state index contributed by atoms with van der Waals surface area (Å²) in [6.45, 7) is 13.6. The largest absolute Gasteiger partial charge is 0.341 e. The Balaban J connectivity index is 2.41. The van der Waals surface area contributed by atoms with Crippen LogP contribution in [0.3, 0.4) is 0 Å². The average Bonchev–Trinajstić information content (AvgIpc) is 2.55. The van der Waals surface area contributed by atoms with E-state index in [1.165, 1.54) is 11.3 Å². The van der Waals surface area contributed by atoms with Crippen molar-refractivity contribution in [3.05, 3.63) is 41.6 Å². The zero-order chi connectivity index (χ0) is 17.5. The number of aryl methyl sites for hydroxylation is 2. The van der Waals surface area contributed by atoms with E-state index in [0.29, 0.717) is 0 Å². The van der Waals surface area contributed by atoms with Crippen molar-refractivity contribution in [2.24, 2.45) is 0 Å². The Morgan fingerprint density at radius 2 is 1.62 bits per heavy atom. The normalized spacial score (nSPS) is 10.7. The zero-order valence-corrected chi connectivity index (χ0v) is 15.7. The van der Waals surface area contributed by atoms with Crippen molar-refractivity contribution in [3.8, 4) is 0 Å². The number of nitrogens with zero attached hydrogens (tertiary/aromatic N) is 4. The molecule has 0 radical (unpaired) electrons. The van der Waals surface area contributed by atoms with Crippen LogP contribution in [0.1, 0.15) is 44.9 Å². The van der Waals surface area contributed by atoms with Gasteiger partial charge in [0.2, 0.25) is 5.95 Å². The second-order valence-electron chi connectivity index (χ2n) is 6.24. The molecular weight excluding hydrogens is 296 g/mol. The van der Waals surface area contributed by atoms with E-state index in [9.17, 15) is 0 Å². The van der Waals surface area contributed by atoms with Gasteiger partial charge in [0.25, 0.3) is 0 Å². The van der Waals surface area contributed by atoms with Crippen LogP contribution in [-0.4, -0.2) is 29.6 Å². The predicted molar refractivity (Wildman–Crippen MR) is 103 cm³/mol. The van der Waals surface area contributed by atoms with Crippen LogP contribution in [0, 0.1) is 13.8 Å². The Morgan fingerprint density at radius 1 is 0.917 bits per heavy atom. The van der Waals surface area contributed by atoms with Crippen LogP contribution in [0.5, 0.6) is 0 Å². The summed E-state index contributed by atoms with van der Waals surface area (Å²) in [5.41, 5.74) is 3.45. The van der Waals surface area contributed by atoms with E-state index in [0.717, 1.165) is 49.9 Å². The lowest BCUT2D eigenvalue weighted by molar-refractivity contribution is 0.718. The van der Waals surface area contributed by atoms with Crippen molar-refractivity contribution in [3.63, 3.8) is 0 Å². The molecule has 2 aromatic rings. The van der Waals surface area contributed by atoms with Crippen molar-refractivity contribution >= 4 is 17.5 Å². The fourth-order valence-electron chi connectivity index (χ4n) is 2.94. The molecule has 0 amide bonds. The highest BCUT2D eigenvalue weighted by molar-refractivity contribution is 5.62. The van der Waals surface area contributed by atoms with Crippen molar-refractivity contribution in [2.75, 3.05) is 29.4 Å². The van der Waals surface area contributed by atoms with Crippen LogP contribution < -0.4 is 9.80 Å². The van der Waals surface area contributed by atoms with E-state index >= 15 is 0 Å². The molecule has 1 heterocycles. The SMILES string of the molecule is CCCN(CCC)c1nc(C)cc(N(CC)c2cccc(C)c2)n1. The summed E-state index contributed by atoms with van der Waals surface area (Å²) in [5.74, 6) is 1.82. The molecule has 1 aromatic carbocycles. The van der Waals surface area contributed by atoms with Crippen LogP contribution in [-0.2, 0) is 0 Å². The van der Waals surface area contributed by atoms with Gasteiger partial charge in [-0.1, -0.05) is 26.0 Å². The van der Waals surface area contributed by atoms with Gasteiger partial charge in [-0.25, -0.2) is 4.98 Å². The van der Waals surface area contributed by atoms with Crippen molar-refractivity contribution in [1.29, 1.82) is 0 Å². The van der Waals surface area contributed by atoms with Crippen LogP contribution in [0.4, 0.5) is 17.5 Å². The molecule has 130 valence electrons. The molecule has 0 unspecified atom stereocenters. The summed E-state index contributed by atoms with van der Waals surface area (Å²) < 4.78 is 0. The fraction of sp³-hybridized carbons (Fsp3) is 0.500. The minimum Gasteiger partial charge on any atom is -0.341 e. The van der Waals surface area contributed by atoms with Crippen LogP contribution in [0.25, 0.3) is 0 Å². The summed E-state index contributed by atoms with van der Waals surface area (Å²) in [6, 6.07) is 10.6. The monoisotopic (exact) mass is 326 g/mol. The van der Waals surface area contributed by atoms with Gasteiger partial charge in [0.05, 0.1) is 0 Å². The molecule has 0 saturated carbocycles. The molecule has 0 fully saturated rings. The molecule has 0 N–H and O–H groups in total. The van der Waals surface area contributed by atoms with Gasteiger partial charge in [0.15, 0.2) is 0 Å². The number of anilines is 3. The fourth-order valence-corrected chi connectivity index (χ4v) is 2.94. The molecular formula is C20H30N4. The maximum Gasteiger partial charge on any atom is 0.227 e. The molecule has 4 nitrogen and oxygen atoms in total. The molecule has 0 saturated heterocycles. The van der Waals surface area contributed by atoms with Gasteiger partial charge in [-0.15, -0.1) is 0 Å². The van der Waals surface area contributed by atoms with Gasteiger partial charge in [0, 0.05) is 37.1 Å². The molecule has 0 bridgehead atoms. The van der Waals surface area contributed by atoms with Crippen molar-refractivity contribution < 1.29 is 0 Å². The van der Waals surface area contributed by atoms with Gasteiger partial charge < -0.3 is 9.80 Å². The first kappa shape index (κ1) is 18.2. The number of rotatable bonds is 8. The first-order valence-electron chi connectivity index (χ1n) is 9.03. The average molecular weight is 326 g/mol. The molecule has 0 spiro atoms. The Bertz CT molecular complexity index is 648. The van der Waals surface area contributed by atoms with E-state index in [1.807, 2.05) is 0 Å². The molecule has 0 aliphatic carbocycles. The second-order valence-corrected chi connectivity index (χ2v) is 6.24. The summed E-state index contributed by atoms with van der Waals surface area (Å²) in [6.07, 6.45) is 2.20. The molecule has 0 atom stereocenters. The number of benzene rings is 1. The molecule has 0 aliphatic heterocycles. The summed E-state index contributed by atoms with van der Waals surface area (Å²) in [7, 11) is 0. The lowest BCUT2D eigenvalue weighted by atomic mass is 10.2. The lowest BCUT2D eigenvalue weighted by Crippen LogP contribution is -2.28. The molecule has 0 aliphatic rings. The first-order chi connectivity index (χ1) is 11.6. The Hall–Kier alpha value is -2.10. The summed E-state index contributed by atoms with van der Waals surface area (Å²) in [5, 5.41) is 0. The summed E-state index contributed by atoms with van der Waals surface area (Å²) >= 11 is 0. The number of aromatic nitrogens is 2. The van der Waals surface area contributed by atoms with E-state index in [2.05, 4.69) is 79.7 Å². The van der Waals surface area contributed by atoms with E-state index in [1.54, 1.807) is 0 Å². The number of hydrogen-bond acceptors (Lipinski definition) is 4. The topological polar surface area (TPSA) is 32.3 Å². The van der Waals surface area contributed by atoms with Crippen molar-refractivity contribution in [1.82, 2.24) is 9.97 Å². The highest BCUT2D eigenvalue weighted by Crippen LogP contribution is 2.26. The Morgan fingerprint density at radius 3 is 2.21 bits per heavy atom. The quantitative estimate of drug-likeness (QED) is 0.692. The van der Waals surface area contributed by atoms with E-state index in [-0.39, 0.29) is 0 Å². The van der Waals surface area contributed by atoms with Crippen LogP contribution in [0.2, 0.25) is 0 Å². The molecule has 24 heavy (non-hydrogen) atoms. The van der Waals surface area contributed by atoms with Gasteiger partial charge in [-0.2, -0.15) is 4.98 Å². The van der Waals surface area contributed by atoms with Gasteiger partial charge >= 0.3 is 0 Å². The third-order valence-electron chi connectivity index (χ3n) is 4.00. The molecule has 2 rings (SSSR count). The molecule has 1 aromatic heterocycles. The minimum absolute atomic E-state index is 0.847. The van der Waals surface area contributed by atoms with E-state index in [4.69, 9.17) is 4.98 Å². The number of hydrogen-bond donors (Lipinski definition) is 0. The standard InChI is InChI=1S/C20H30N4/c1-6-12-23(13-7-2)20-21-17(5)15-19(22-20)24(8-3)18-11-9-10-16(4)14-18/h9-11,14-15H,6-8,12-13H2,1-5H3.